The molecular formula is C15H19N3S. The average molecular weight is 273 g/mol. The molecule has 1 aliphatic heterocycles. The molecule has 0 radical (unpaired) electrons. The number of aromatic nitrogens is 1. The average Bonchev–Trinajstić information content (AvgIpc) is 2.87. The van der Waals surface area contributed by atoms with E-state index in [2.05, 4.69) is 40.5 Å². The second kappa shape index (κ2) is 5.72. The van der Waals surface area contributed by atoms with E-state index in [4.69, 9.17) is 4.98 Å². The van der Waals surface area contributed by atoms with Crippen molar-refractivity contribution in [2.24, 2.45) is 0 Å². The SMILES string of the molecule is CNCCc1nc2c(s1)CN(c1ccccc1)CC2. The van der Waals surface area contributed by atoms with Gasteiger partial charge in [0, 0.05) is 36.5 Å². The van der Waals surface area contributed by atoms with Gasteiger partial charge in [0.1, 0.15) is 0 Å². The third kappa shape index (κ3) is 2.80. The van der Waals surface area contributed by atoms with Crippen molar-refractivity contribution >= 4 is 17.0 Å². The molecule has 0 bridgehead atoms. The lowest BCUT2D eigenvalue weighted by atomic mass is 10.1. The van der Waals surface area contributed by atoms with E-state index >= 15 is 0 Å². The minimum atomic E-state index is 1.01. The molecule has 19 heavy (non-hydrogen) atoms. The number of benzene rings is 1. The van der Waals surface area contributed by atoms with Crippen LogP contribution in [-0.2, 0) is 19.4 Å². The van der Waals surface area contributed by atoms with Crippen molar-refractivity contribution < 1.29 is 0 Å². The van der Waals surface area contributed by atoms with Crippen LogP contribution in [0.1, 0.15) is 15.6 Å². The molecule has 0 fully saturated rings. The zero-order chi connectivity index (χ0) is 13.1. The zero-order valence-electron chi connectivity index (χ0n) is 11.2. The summed E-state index contributed by atoms with van der Waals surface area (Å²) >= 11 is 1.88. The first-order valence-corrected chi connectivity index (χ1v) is 7.60. The fourth-order valence-electron chi connectivity index (χ4n) is 2.45. The standard InChI is InChI=1S/C15H19N3S/c1-16-9-7-15-17-13-8-10-18(11-14(13)19-15)12-5-3-2-4-6-12/h2-6,16H,7-11H2,1H3. The van der Waals surface area contributed by atoms with Crippen LogP contribution in [0.4, 0.5) is 5.69 Å². The Balaban J connectivity index is 1.75. The highest BCUT2D eigenvalue weighted by atomic mass is 32.1. The fraction of sp³-hybridized carbons (Fsp3) is 0.400. The van der Waals surface area contributed by atoms with Gasteiger partial charge in [0.25, 0.3) is 0 Å². The Morgan fingerprint density at radius 1 is 1.32 bits per heavy atom. The number of anilines is 1. The molecule has 0 atom stereocenters. The second-order valence-electron chi connectivity index (χ2n) is 4.84. The molecule has 2 aromatic rings. The molecule has 0 saturated carbocycles. The fourth-order valence-corrected chi connectivity index (χ4v) is 3.58. The van der Waals surface area contributed by atoms with Crippen molar-refractivity contribution in [2.75, 3.05) is 25.0 Å². The first-order valence-electron chi connectivity index (χ1n) is 6.79. The Bertz CT molecular complexity index is 536. The summed E-state index contributed by atoms with van der Waals surface area (Å²) in [5.74, 6) is 0. The lowest BCUT2D eigenvalue weighted by Gasteiger charge is -2.28. The molecule has 0 unspecified atom stereocenters. The molecule has 4 heteroatoms. The van der Waals surface area contributed by atoms with Crippen LogP contribution < -0.4 is 10.2 Å². The Morgan fingerprint density at radius 3 is 2.95 bits per heavy atom. The van der Waals surface area contributed by atoms with E-state index in [-0.39, 0.29) is 0 Å². The summed E-state index contributed by atoms with van der Waals surface area (Å²) in [5.41, 5.74) is 2.64. The van der Waals surface area contributed by atoms with Gasteiger partial charge in [-0.1, -0.05) is 18.2 Å². The maximum atomic E-state index is 4.77. The number of hydrogen-bond donors (Lipinski definition) is 1. The van der Waals surface area contributed by atoms with Crippen LogP contribution in [0.5, 0.6) is 0 Å². The van der Waals surface area contributed by atoms with E-state index in [1.807, 2.05) is 18.4 Å². The number of para-hydroxylation sites is 1. The van der Waals surface area contributed by atoms with Gasteiger partial charge in [-0.25, -0.2) is 4.98 Å². The number of fused-ring (bicyclic) bond motifs is 1. The van der Waals surface area contributed by atoms with Crippen molar-refractivity contribution in [1.82, 2.24) is 10.3 Å². The summed E-state index contributed by atoms with van der Waals surface area (Å²) in [7, 11) is 1.99. The highest BCUT2D eigenvalue weighted by Crippen LogP contribution is 2.28. The quantitative estimate of drug-likeness (QED) is 0.927. The Kier molecular flexibility index (Phi) is 3.80. The van der Waals surface area contributed by atoms with E-state index in [9.17, 15) is 0 Å². The number of thiazole rings is 1. The summed E-state index contributed by atoms with van der Waals surface area (Å²) in [6.45, 7) is 3.09. The molecule has 3 rings (SSSR count). The molecule has 0 aliphatic carbocycles. The van der Waals surface area contributed by atoms with Crippen LogP contribution in [0.2, 0.25) is 0 Å². The van der Waals surface area contributed by atoms with E-state index < -0.39 is 0 Å². The van der Waals surface area contributed by atoms with Gasteiger partial charge in [0.15, 0.2) is 0 Å². The number of hydrogen-bond acceptors (Lipinski definition) is 4. The summed E-state index contributed by atoms with van der Waals surface area (Å²) in [4.78, 5) is 8.66. The minimum Gasteiger partial charge on any atom is -0.366 e. The topological polar surface area (TPSA) is 28.2 Å². The zero-order valence-corrected chi connectivity index (χ0v) is 12.0. The number of likely N-dealkylation sites (N-methyl/N-ethyl adjacent to an activating group) is 1. The van der Waals surface area contributed by atoms with Gasteiger partial charge in [-0.3, -0.25) is 0 Å². The van der Waals surface area contributed by atoms with E-state index in [0.29, 0.717) is 0 Å². The molecule has 1 N–H and O–H groups in total. The highest BCUT2D eigenvalue weighted by Gasteiger charge is 2.20. The molecule has 0 spiro atoms. The molecule has 1 aromatic carbocycles. The molecule has 2 heterocycles. The van der Waals surface area contributed by atoms with Gasteiger partial charge < -0.3 is 10.2 Å². The van der Waals surface area contributed by atoms with Gasteiger partial charge in [0.2, 0.25) is 0 Å². The van der Waals surface area contributed by atoms with Crippen LogP contribution in [0, 0.1) is 0 Å². The first kappa shape index (κ1) is 12.6. The molecule has 0 amide bonds. The number of nitrogens with zero attached hydrogens (tertiary/aromatic N) is 2. The van der Waals surface area contributed by atoms with E-state index in [0.717, 1.165) is 32.5 Å². The lowest BCUT2D eigenvalue weighted by Crippen LogP contribution is -2.29. The van der Waals surface area contributed by atoms with Crippen molar-refractivity contribution in [3.63, 3.8) is 0 Å². The Morgan fingerprint density at radius 2 is 2.16 bits per heavy atom. The second-order valence-corrected chi connectivity index (χ2v) is 6.01. The van der Waals surface area contributed by atoms with Crippen LogP contribution in [-0.4, -0.2) is 25.1 Å². The van der Waals surface area contributed by atoms with Gasteiger partial charge in [-0.15, -0.1) is 11.3 Å². The largest absolute Gasteiger partial charge is 0.366 e. The number of rotatable bonds is 4. The maximum Gasteiger partial charge on any atom is 0.0944 e. The van der Waals surface area contributed by atoms with Gasteiger partial charge in [0.05, 0.1) is 17.2 Å². The summed E-state index contributed by atoms with van der Waals surface area (Å²) in [6.07, 6.45) is 2.11. The van der Waals surface area contributed by atoms with Gasteiger partial charge >= 0.3 is 0 Å². The summed E-state index contributed by atoms with van der Waals surface area (Å²) < 4.78 is 0. The van der Waals surface area contributed by atoms with Crippen molar-refractivity contribution in [3.05, 3.63) is 45.9 Å². The maximum absolute atomic E-state index is 4.77. The third-order valence-corrected chi connectivity index (χ3v) is 4.63. The van der Waals surface area contributed by atoms with Crippen LogP contribution in [0.3, 0.4) is 0 Å². The van der Waals surface area contributed by atoms with Gasteiger partial charge in [-0.2, -0.15) is 0 Å². The van der Waals surface area contributed by atoms with Crippen LogP contribution >= 0.6 is 11.3 Å². The molecule has 1 aromatic heterocycles. The molecule has 100 valence electrons. The third-order valence-electron chi connectivity index (χ3n) is 3.49. The monoisotopic (exact) mass is 273 g/mol. The number of nitrogens with one attached hydrogen (secondary N) is 1. The normalized spacial score (nSPS) is 14.5. The van der Waals surface area contributed by atoms with Crippen molar-refractivity contribution in [2.45, 2.75) is 19.4 Å². The Labute approximate surface area is 118 Å². The van der Waals surface area contributed by atoms with Crippen LogP contribution in [0.15, 0.2) is 30.3 Å². The van der Waals surface area contributed by atoms with E-state index in [1.54, 1.807) is 0 Å². The lowest BCUT2D eigenvalue weighted by molar-refractivity contribution is 0.723. The van der Waals surface area contributed by atoms with Crippen LogP contribution in [0.25, 0.3) is 0 Å². The molecule has 3 nitrogen and oxygen atoms in total. The molecular weight excluding hydrogens is 254 g/mol. The molecule has 0 saturated heterocycles. The summed E-state index contributed by atoms with van der Waals surface area (Å²) in [6, 6.07) is 10.7. The van der Waals surface area contributed by atoms with Crippen molar-refractivity contribution in [1.29, 1.82) is 0 Å². The van der Waals surface area contributed by atoms with Gasteiger partial charge in [-0.05, 0) is 19.2 Å². The molecule has 1 aliphatic rings. The van der Waals surface area contributed by atoms with E-state index in [1.165, 1.54) is 21.3 Å². The minimum absolute atomic E-state index is 1.01. The highest BCUT2D eigenvalue weighted by molar-refractivity contribution is 7.11. The predicted octanol–water partition coefficient (Wildman–Crippen LogP) is 2.47. The first-order chi connectivity index (χ1) is 9.36. The Hall–Kier alpha value is -1.39. The summed E-state index contributed by atoms with van der Waals surface area (Å²) in [5, 5.41) is 4.46. The van der Waals surface area contributed by atoms with Crippen molar-refractivity contribution in [3.8, 4) is 0 Å². The predicted molar refractivity (Wildman–Crippen MR) is 80.9 cm³/mol. The smallest absolute Gasteiger partial charge is 0.0944 e.